The van der Waals surface area contributed by atoms with Crippen molar-refractivity contribution in [3.63, 3.8) is 0 Å². The third-order valence-corrected chi connectivity index (χ3v) is 7.14. The SMILES string of the molecule is CCCN(CCC)CCCCCCCCCCCCCCCCC1CCCCC1. The van der Waals surface area contributed by atoms with Crippen LogP contribution in [0.2, 0.25) is 0 Å². The predicted molar refractivity (Wildman–Crippen MR) is 133 cm³/mol. The molecule has 0 aromatic carbocycles. The van der Waals surface area contributed by atoms with Gasteiger partial charge in [-0.05, 0) is 44.8 Å². The average Bonchev–Trinajstić information content (AvgIpc) is 2.74. The van der Waals surface area contributed by atoms with Gasteiger partial charge in [-0.2, -0.15) is 0 Å². The van der Waals surface area contributed by atoms with Crippen molar-refractivity contribution in [2.75, 3.05) is 19.6 Å². The van der Waals surface area contributed by atoms with E-state index in [-0.39, 0.29) is 0 Å². The fraction of sp³-hybridized carbons (Fsp3) is 1.00. The first kappa shape index (κ1) is 27.0. The van der Waals surface area contributed by atoms with Gasteiger partial charge in [-0.25, -0.2) is 0 Å². The molecule has 0 aromatic heterocycles. The number of rotatable bonds is 21. The highest BCUT2D eigenvalue weighted by Gasteiger charge is 2.12. The van der Waals surface area contributed by atoms with Crippen LogP contribution in [0, 0.1) is 5.92 Å². The van der Waals surface area contributed by atoms with E-state index in [1.807, 2.05) is 0 Å². The molecule has 174 valence electrons. The van der Waals surface area contributed by atoms with E-state index in [0.29, 0.717) is 0 Å². The smallest absolute Gasteiger partial charge is 0.00187 e. The molecule has 0 bridgehead atoms. The van der Waals surface area contributed by atoms with Gasteiger partial charge in [0.25, 0.3) is 0 Å². The van der Waals surface area contributed by atoms with Crippen LogP contribution < -0.4 is 0 Å². The van der Waals surface area contributed by atoms with Gasteiger partial charge in [0.05, 0.1) is 0 Å². The van der Waals surface area contributed by atoms with Crippen LogP contribution in [0.1, 0.15) is 155 Å². The van der Waals surface area contributed by atoms with Gasteiger partial charge in [0, 0.05) is 0 Å². The first-order valence-electron chi connectivity index (χ1n) is 14.1. The molecule has 1 fully saturated rings. The van der Waals surface area contributed by atoms with Crippen molar-refractivity contribution in [2.45, 2.75) is 155 Å². The lowest BCUT2D eigenvalue weighted by atomic mass is 9.85. The number of hydrogen-bond donors (Lipinski definition) is 0. The average molecular weight is 408 g/mol. The standard InChI is InChI=1S/C28H57N/c1-3-25-29(26-4-2)27-21-16-14-12-10-8-6-5-7-9-11-13-15-18-22-28-23-19-17-20-24-28/h28H,3-27H2,1-2H3. The topological polar surface area (TPSA) is 3.24 Å². The van der Waals surface area contributed by atoms with E-state index >= 15 is 0 Å². The lowest BCUT2D eigenvalue weighted by Gasteiger charge is -2.21. The van der Waals surface area contributed by atoms with Crippen molar-refractivity contribution in [3.05, 3.63) is 0 Å². The summed E-state index contributed by atoms with van der Waals surface area (Å²) in [7, 11) is 0. The third kappa shape index (κ3) is 17.3. The zero-order chi connectivity index (χ0) is 20.8. The molecule has 1 heteroatoms. The van der Waals surface area contributed by atoms with E-state index in [1.54, 1.807) is 0 Å². The summed E-state index contributed by atoms with van der Waals surface area (Å²) in [5.41, 5.74) is 0. The lowest BCUT2D eigenvalue weighted by molar-refractivity contribution is 0.267. The minimum absolute atomic E-state index is 1.10. The highest BCUT2D eigenvalue weighted by molar-refractivity contribution is 4.65. The van der Waals surface area contributed by atoms with E-state index < -0.39 is 0 Å². The van der Waals surface area contributed by atoms with Gasteiger partial charge in [-0.3, -0.25) is 0 Å². The minimum atomic E-state index is 1.10. The van der Waals surface area contributed by atoms with Gasteiger partial charge in [0.15, 0.2) is 0 Å². The van der Waals surface area contributed by atoms with Gasteiger partial charge < -0.3 is 4.90 Å². The number of unbranched alkanes of at least 4 members (excludes halogenated alkanes) is 13. The molecule has 0 unspecified atom stereocenters. The molecule has 0 aromatic rings. The zero-order valence-corrected chi connectivity index (χ0v) is 20.7. The molecule has 1 aliphatic carbocycles. The van der Waals surface area contributed by atoms with Crippen molar-refractivity contribution in [3.8, 4) is 0 Å². The van der Waals surface area contributed by atoms with E-state index in [0.717, 1.165) is 5.92 Å². The fourth-order valence-electron chi connectivity index (χ4n) is 5.33. The lowest BCUT2D eigenvalue weighted by Crippen LogP contribution is -2.26. The molecule has 29 heavy (non-hydrogen) atoms. The maximum absolute atomic E-state index is 2.66. The quantitative estimate of drug-likeness (QED) is 0.171. The Bertz CT molecular complexity index is 301. The van der Waals surface area contributed by atoms with Crippen LogP contribution >= 0.6 is 0 Å². The van der Waals surface area contributed by atoms with E-state index in [2.05, 4.69) is 18.7 Å². The Kier molecular flexibility index (Phi) is 19.7. The molecule has 0 heterocycles. The van der Waals surface area contributed by atoms with Crippen LogP contribution in [0.3, 0.4) is 0 Å². The van der Waals surface area contributed by atoms with E-state index in [4.69, 9.17) is 0 Å². The number of nitrogens with zero attached hydrogens (tertiary/aromatic N) is 1. The summed E-state index contributed by atoms with van der Waals surface area (Å²) in [4.78, 5) is 2.66. The van der Waals surface area contributed by atoms with Crippen LogP contribution in [0.5, 0.6) is 0 Å². The van der Waals surface area contributed by atoms with Crippen LogP contribution in [0.15, 0.2) is 0 Å². The van der Waals surface area contributed by atoms with Crippen LogP contribution in [0.4, 0.5) is 0 Å². The molecule has 1 saturated carbocycles. The molecule has 0 saturated heterocycles. The molecule has 0 spiro atoms. The Morgan fingerprint density at radius 1 is 0.483 bits per heavy atom. The molecule has 0 radical (unpaired) electrons. The summed E-state index contributed by atoms with van der Waals surface area (Å²) in [6, 6.07) is 0. The maximum atomic E-state index is 2.66. The van der Waals surface area contributed by atoms with Crippen molar-refractivity contribution in [1.29, 1.82) is 0 Å². The molecule has 0 atom stereocenters. The first-order valence-corrected chi connectivity index (χ1v) is 14.1. The molecule has 0 aliphatic heterocycles. The zero-order valence-electron chi connectivity index (χ0n) is 20.7. The van der Waals surface area contributed by atoms with Gasteiger partial charge >= 0.3 is 0 Å². The van der Waals surface area contributed by atoms with Crippen LogP contribution in [-0.4, -0.2) is 24.5 Å². The molecule has 1 rings (SSSR count). The Hall–Kier alpha value is -0.0400. The Labute approximate surface area is 185 Å². The monoisotopic (exact) mass is 407 g/mol. The number of hydrogen-bond acceptors (Lipinski definition) is 1. The Balaban J connectivity index is 1.71. The molecule has 1 nitrogen and oxygen atoms in total. The van der Waals surface area contributed by atoms with Gasteiger partial charge in [0.1, 0.15) is 0 Å². The van der Waals surface area contributed by atoms with Crippen molar-refractivity contribution < 1.29 is 0 Å². The van der Waals surface area contributed by atoms with Gasteiger partial charge in [0.2, 0.25) is 0 Å². The van der Waals surface area contributed by atoms with Crippen LogP contribution in [0.25, 0.3) is 0 Å². The summed E-state index contributed by atoms with van der Waals surface area (Å²) in [5.74, 6) is 1.10. The summed E-state index contributed by atoms with van der Waals surface area (Å²) in [6.07, 6.45) is 32.5. The molecular formula is C28H57N. The van der Waals surface area contributed by atoms with E-state index in [9.17, 15) is 0 Å². The molecule has 0 amide bonds. The summed E-state index contributed by atoms with van der Waals surface area (Å²) < 4.78 is 0. The minimum Gasteiger partial charge on any atom is -0.303 e. The Morgan fingerprint density at radius 2 is 0.897 bits per heavy atom. The highest BCUT2D eigenvalue weighted by Crippen LogP contribution is 2.28. The van der Waals surface area contributed by atoms with Gasteiger partial charge in [-0.1, -0.05) is 136 Å². The first-order chi connectivity index (χ1) is 14.4. The van der Waals surface area contributed by atoms with Gasteiger partial charge in [-0.15, -0.1) is 0 Å². The Morgan fingerprint density at radius 3 is 1.34 bits per heavy atom. The second-order valence-electron chi connectivity index (χ2n) is 10.1. The maximum Gasteiger partial charge on any atom is -0.00187 e. The molecule has 1 aliphatic rings. The fourth-order valence-corrected chi connectivity index (χ4v) is 5.33. The van der Waals surface area contributed by atoms with Crippen molar-refractivity contribution >= 4 is 0 Å². The van der Waals surface area contributed by atoms with Crippen LogP contribution in [-0.2, 0) is 0 Å². The molecule has 0 N–H and O–H groups in total. The largest absolute Gasteiger partial charge is 0.303 e. The summed E-state index contributed by atoms with van der Waals surface area (Å²) in [6.45, 7) is 8.55. The van der Waals surface area contributed by atoms with Crippen molar-refractivity contribution in [1.82, 2.24) is 4.90 Å². The highest BCUT2D eigenvalue weighted by atomic mass is 15.1. The van der Waals surface area contributed by atoms with Crippen molar-refractivity contribution in [2.24, 2.45) is 5.92 Å². The predicted octanol–water partition coefficient (Wildman–Crippen LogP) is 9.54. The second-order valence-corrected chi connectivity index (χ2v) is 10.1. The summed E-state index contributed by atoms with van der Waals surface area (Å²) >= 11 is 0. The summed E-state index contributed by atoms with van der Waals surface area (Å²) in [5, 5.41) is 0. The molecular weight excluding hydrogens is 350 g/mol. The van der Waals surface area contributed by atoms with E-state index in [1.165, 1.54) is 161 Å². The second kappa shape index (κ2) is 21.2. The normalized spacial score (nSPS) is 15.4. The third-order valence-electron chi connectivity index (χ3n) is 7.14.